The molecule has 13 heavy (non-hydrogen) atoms. The van der Waals surface area contributed by atoms with E-state index in [-0.39, 0.29) is 11.1 Å². The maximum absolute atomic E-state index is 12.9. The van der Waals surface area contributed by atoms with Crippen LogP contribution in [-0.2, 0) is 4.74 Å². The van der Waals surface area contributed by atoms with Crippen LogP contribution >= 0.6 is 11.6 Å². The molecular weight excluding hydrogens is 193 g/mol. The highest BCUT2D eigenvalue weighted by Crippen LogP contribution is 2.25. The van der Waals surface area contributed by atoms with E-state index in [1.54, 1.807) is 12.1 Å². The van der Waals surface area contributed by atoms with Gasteiger partial charge in [0.25, 0.3) is 0 Å². The number of halogens is 2. The minimum atomic E-state index is -0.396. The van der Waals surface area contributed by atoms with Gasteiger partial charge in [-0.15, -0.1) is 0 Å². The van der Waals surface area contributed by atoms with Gasteiger partial charge in [-0.25, -0.2) is 4.39 Å². The predicted octanol–water partition coefficient (Wildman–Crippen LogP) is 2.29. The van der Waals surface area contributed by atoms with E-state index in [0.717, 1.165) is 0 Å². The quantitative estimate of drug-likeness (QED) is 0.793. The zero-order valence-corrected chi connectivity index (χ0v) is 7.64. The lowest BCUT2D eigenvalue weighted by Crippen LogP contribution is -2.40. The summed E-state index contributed by atoms with van der Waals surface area (Å²) < 4.78 is 17.9. The molecule has 0 spiro atoms. The van der Waals surface area contributed by atoms with E-state index in [1.165, 1.54) is 6.07 Å². The number of anilines is 1. The van der Waals surface area contributed by atoms with Crippen molar-refractivity contribution in [1.82, 2.24) is 0 Å². The van der Waals surface area contributed by atoms with Gasteiger partial charge in [0.15, 0.2) is 0 Å². The fourth-order valence-electron chi connectivity index (χ4n) is 1.15. The van der Waals surface area contributed by atoms with Gasteiger partial charge in [-0.2, -0.15) is 0 Å². The van der Waals surface area contributed by atoms with Crippen LogP contribution in [0.3, 0.4) is 0 Å². The predicted molar refractivity (Wildman–Crippen MR) is 49.6 cm³/mol. The van der Waals surface area contributed by atoms with Crippen molar-refractivity contribution in [2.45, 2.75) is 6.04 Å². The average molecular weight is 202 g/mol. The minimum absolute atomic E-state index is 0.148. The zero-order valence-electron chi connectivity index (χ0n) is 6.89. The van der Waals surface area contributed by atoms with E-state index in [0.29, 0.717) is 18.9 Å². The van der Waals surface area contributed by atoms with E-state index in [4.69, 9.17) is 16.3 Å². The summed E-state index contributed by atoms with van der Waals surface area (Å²) in [6, 6.07) is 4.98. The normalized spacial score (nSPS) is 16.8. The van der Waals surface area contributed by atoms with Crippen molar-refractivity contribution in [3.63, 3.8) is 0 Å². The van der Waals surface area contributed by atoms with Crippen molar-refractivity contribution in [3.8, 4) is 0 Å². The zero-order chi connectivity index (χ0) is 9.26. The van der Waals surface area contributed by atoms with Crippen LogP contribution in [0.4, 0.5) is 10.1 Å². The Hall–Kier alpha value is -0.800. The van der Waals surface area contributed by atoms with Crippen LogP contribution < -0.4 is 5.32 Å². The molecule has 1 aromatic rings. The molecule has 4 heteroatoms. The number of hydrogen-bond acceptors (Lipinski definition) is 2. The summed E-state index contributed by atoms with van der Waals surface area (Å²) in [5.74, 6) is -0.396. The first-order valence-corrected chi connectivity index (χ1v) is 4.43. The van der Waals surface area contributed by atoms with Crippen LogP contribution in [0.15, 0.2) is 18.2 Å². The summed E-state index contributed by atoms with van der Waals surface area (Å²) in [7, 11) is 0. The molecule has 0 saturated carbocycles. The first kappa shape index (κ1) is 8.78. The maximum atomic E-state index is 12.9. The Bertz CT molecular complexity index is 314. The van der Waals surface area contributed by atoms with Gasteiger partial charge >= 0.3 is 0 Å². The van der Waals surface area contributed by atoms with E-state index in [2.05, 4.69) is 5.32 Å². The second-order valence-corrected chi connectivity index (χ2v) is 3.36. The summed E-state index contributed by atoms with van der Waals surface area (Å²) >= 11 is 5.74. The Kier molecular flexibility index (Phi) is 2.38. The molecule has 2 nitrogen and oxygen atoms in total. The number of benzene rings is 1. The summed E-state index contributed by atoms with van der Waals surface area (Å²) in [6.45, 7) is 1.32. The molecule has 0 unspecified atom stereocenters. The molecule has 0 amide bonds. The van der Waals surface area contributed by atoms with Crippen LogP contribution in [0.25, 0.3) is 0 Å². The molecular formula is C9H9ClFNO. The van der Waals surface area contributed by atoms with E-state index in [1.807, 2.05) is 0 Å². The Morgan fingerprint density at radius 1 is 1.46 bits per heavy atom. The van der Waals surface area contributed by atoms with E-state index < -0.39 is 5.82 Å². The molecule has 1 aromatic carbocycles. The molecule has 1 aliphatic heterocycles. The molecule has 0 aromatic heterocycles. The summed E-state index contributed by atoms with van der Waals surface area (Å²) in [5, 5.41) is 3.24. The van der Waals surface area contributed by atoms with Gasteiger partial charge in [0.1, 0.15) is 5.82 Å². The smallest absolute Gasteiger partial charge is 0.143 e. The maximum Gasteiger partial charge on any atom is 0.143 e. The monoisotopic (exact) mass is 201 g/mol. The molecule has 1 saturated heterocycles. The highest BCUT2D eigenvalue weighted by molar-refractivity contribution is 6.33. The molecule has 0 bridgehead atoms. The van der Waals surface area contributed by atoms with Gasteiger partial charge in [-0.3, -0.25) is 0 Å². The van der Waals surface area contributed by atoms with E-state index in [9.17, 15) is 4.39 Å². The Morgan fingerprint density at radius 3 is 2.85 bits per heavy atom. The van der Waals surface area contributed by atoms with Crippen molar-refractivity contribution in [2.75, 3.05) is 18.5 Å². The minimum Gasteiger partial charge on any atom is -0.377 e. The first-order valence-electron chi connectivity index (χ1n) is 4.05. The lowest BCUT2D eigenvalue weighted by molar-refractivity contribution is 0.0211. The highest BCUT2D eigenvalue weighted by atomic mass is 35.5. The van der Waals surface area contributed by atoms with Crippen molar-refractivity contribution in [1.29, 1.82) is 0 Å². The largest absolute Gasteiger partial charge is 0.377 e. The van der Waals surface area contributed by atoms with Gasteiger partial charge in [0.2, 0.25) is 0 Å². The lowest BCUT2D eigenvalue weighted by atomic mass is 10.2. The SMILES string of the molecule is Fc1cccc(NC2COC2)c1Cl. The third-order valence-corrected chi connectivity index (χ3v) is 2.33. The van der Waals surface area contributed by atoms with Gasteiger partial charge in [-0.05, 0) is 12.1 Å². The molecule has 0 aliphatic carbocycles. The summed E-state index contributed by atoms with van der Waals surface area (Å²) in [4.78, 5) is 0. The molecule has 1 heterocycles. The molecule has 0 atom stereocenters. The van der Waals surface area contributed by atoms with Gasteiger partial charge in [0.05, 0.1) is 30.0 Å². The van der Waals surface area contributed by atoms with Gasteiger partial charge < -0.3 is 10.1 Å². The molecule has 1 fully saturated rings. The fourth-order valence-corrected chi connectivity index (χ4v) is 1.33. The third-order valence-electron chi connectivity index (χ3n) is 1.95. The molecule has 70 valence electrons. The highest BCUT2D eigenvalue weighted by Gasteiger charge is 2.19. The van der Waals surface area contributed by atoms with Crippen molar-refractivity contribution < 1.29 is 9.13 Å². The lowest BCUT2D eigenvalue weighted by Gasteiger charge is -2.28. The number of nitrogens with one attached hydrogen (secondary N) is 1. The van der Waals surface area contributed by atoms with Crippen molar-refractivity contribution in [3.05, 3.63) is 29.0 Å². The van der Waals surface area contributed by atoms with Gasteiger partial charge in [-0.1, -0.05) is 17.7 Å². The van der Waals surface area contributed by atoms with Crippen LogP contribution in [0.5, 0.6) is 0 Å². The molecule has 1 aliphatic rings. The van der Waals surface area contributed by atoms with Crippen molar-refractivity contribution in [2.24, 2.45) is 0 Å². The fraction of sp³-hybridized carbons (Fsp3) is 0.333. The average Bonchev–Trinajstić information content (AvgIpc) is 2.04. The Morgan fingerprint density at radius 2 is 2.23 bits per heavy atom. The van der Waals surface area contributed by atoms with Crippen LogP contribution in [0.1, 0.15) is 0 Å². The molecule has 1 N–H and O–H groups in total. The second kappa shape index (κ2) is 3.52. The topological polar surface area (TPSA) is 21.3 Å². The molecule has 0 radical (unpaired) electrons. The van der Waals surface area contributed by atoms with E-state index >= 15 is 0 Å². The van der Waals surface area contributed by atoms with Crippen molar-refractivity contribution >= 4 is 17.3 Å². The summed E-state index contributed by atoms with van der Waals surface area (Å²) in [6.07, 6.45) is 0. The van der Waals surface area contributed by atoms with Crippen LogP contribution in [-0.4, -0.2) is 19.3 Å². The second-order valence-electron chi connectivity index (χ2n) is 2.98. The Labute approximate surface area is 80.7 Å². The first-order chi connectivity index (χ1) is 6.27. The van der Waals surface area contributed by atoms with Gasteiger partial charge in [0, 0.05) is 0 Å². The number of ether oxygens (including phenoxy) is 1. The third kappa shape index (κ3) is 1.76. The molecule has 2 rings (SSSR count). The van der Waals surface area contributed by atoms with Crippen LogP contribution in [0.2, 0.25) is 5.02 Å². The Balaban J connectivity index is 2.14. The van der Waals surface area contributed by atoms with Crippen LogP contribution in [0, 0.1) is 5.82 Å². The number of rotatable bonds is 2. The number of hydrogen-bond donors (Lipinski definition) is 1. The standard InChI is InChI=1S/C9H9ClFNO/c10-9-7(11)2-1-3-8(9)12-6-4-13-5-6/h1-3,6,12H,4-5H2. The summed E-state index contributed by atoms with van der Waals surface area (Å²) in [5.41, 5.74) is 0.634.